The summed E-state index contributed by atoms with van der Waals surface area (Å²) in [6.45, 7) is 8.75. The van der Waals surface area contributed by atoms with Gasteiger partial charge in [-0.2, -0.15) is 0 Å². The Hall–Kier alpha value is -1.62. The summed E-state index contributed by atoms with van der Waals surface area (Å²) in [6, 6.07) is 5.39. The number of hydrogen-bond acceptors (Lipinski definition) is 4. The minimum Gasteiger partial charge on any atom is -0.487 e. The van der Waals surface area contributed by atoms with Crippen molar-refractivity contribution in [3.05, 3.63) is 33.9 Å². The summed E-state index contributed by atoms with van der Waals surface area (Å²) in [5.74, 6) is 0.346. The third-order valence-electron chi connectivity index (χ3n) is 3.35. The van der Waals surface area contributed by atoms with Crippen LogP contribution in [0.1, 0.15) is 33.3 Å². The Morgan fingerprint density at radius 3 is 2.50 bits per heavy atom. The molecule has 0 amide bonds. The summed E-state index contributed by atoms with van der Waals surface area (Å²) in [5.41, 5.74) is 1.17. The van der Waals surface area contributed by atoms with Gasteiger partial charge in [0.05, 0.1) is 11.5 Å². The van der Waals surface area contributed by atoms with Crippen LogP contribution in [0, 0.1) is 15.5 Å². The minimum atomic E-state index is -0.409. The summed E-state index contributed by atoms with van der Waals surface area (Å²) in [5, 5.41) is 14.3. The molecule has 1 aromatic carbocycles. The predicted molar refractivity (Wildman–Crippen MR) is 80.3 cm³/mol. The van der Waals surface area contributed by atoms with Gasteiger partial charge in [-0.05, 0) is 37.4 Å². The summed E-state index contributed by atoms with van der Waals surface area (Å²) < 4.78 is 5.38. The molecule has 0 spiro atoms. The maximum atomic E-state index is 11.0. The van der Waals surface area contributed by atoms with E-state index in [2.05, 4.69) is 26.1 Å². The Kier molecular flexibility index (Phi) is 5.51. The van der Waals surface area contributed by atoms with Crippen molar-refractivity contribution in [2.75, 3.05) is 13.7 Å². The van der Waals surface area contributed by atoms with Crippen LogP contribution in [0.5, 0.6) is 5.75 Å². The topological polar surface area (TPSA) is 64.4 Å². The van der Waals surface area contributed by atoms with E-state index < -0.39 is 4.92 Å². The molecule has 1 rings (SSSR count). The third-order valence-corrected chi connectivity index (χ3v) is 3.35. The van der Waals surface area contributed by atoms with Gasteiger partial charge in [0.1, 0.15) is 0 Å². The predicted octanol–water partition coefficient (Wildman–Crippen LogP) is 3.17. The molecular weight excluding hydrogens is 256 g/mol. The highest BCUT2D eigenvalue weighted by molar-refractivity contribution is 5.48. The fourth-order valence-electron chi connectivity index (χ4n) is 2.18. The van der Waals surface area contributed by atoms with Gasteiger partial charge in [-0.15, -0.1) is 0 Å². The molecule has 112 valence electrons. The zero-order valence-electron chi connectivity index (χ0n) is 12.9. The van der Waals surface area contributed by atoms with Crippen LogP contribution in [0.15, 0.2) is 18.2 Å². The monoisotopic (exact) mass is 280 g/mol. The summed E-state index contributed by atoms with van der Waals surface area (Å²) >= 11 is 0. The normalized spacial score (nSPS) is 13.1. The molecule has 20 heavy (non-hydrogen) atoms. The van der Waals surface area contributed by atoms with Crippen LogP contribution < -0.4 is 10.1 Å². The molecule has 1 unspecified atom stereocenters. The van der Waals surface area contributed by atoms with E-state index in [1.165, 1.54) is 6.07 Å². The minimum absolute atomic E-state index is 0.0207. The molecule has 5 nitrogen and oxygen atoms in total. The fourth-order valence-corrected chi connectivity index (χ4v) is 2.18. The molecular formula is C15H24N2O3. The standard InChI is InChI=1S/C15H24N2O3/c1-6-20-13-9-11(7-8-12(13)17(18)19)10-14(16-5)15(2,3)4/h7-9,14,16H,6,10H2,1-5H3. The number of ether oxygens (including phenoxy) is 1. The highest BCUT2D eigenvalue weighted by atomic mass is 16.6. The second kappa shape index (κ2) is 6.70. The lowest BCUT2D eigenvalue weighted by atomic mass is 9.83. The van der Waals surface area contributed by atoms with E-state index in [1.807, 2.05) is 14.0 Å². The maximum absolute atomic E-state index is 11.0. The van der Waals surface area contributed by atoms with Gasteiger partial charge in [0.15, 0.2) is 5.75 Å². The van der Waals surface area contributed by atoms with Gasteiger partial charge in [-0.3, -0.25) is 10.1 Å². The SMILES string of the molecule is CCOc1cc(CC(NC)C(C)(C)C)ccc1[N+](=O)[O-]. The third kappa shape index (κ3) is 4.20. The smallest absolute Gasteiger partial charge is 0.310 e. The molecule has 0 aliphatic carbocycles. The molecule has 0 heterocycles. The van der Waals surface area contributed by atoms with E-state index in [-0.39, 0.29) is 11.1 Å². The zero-order chi connectivity index (χ0) is 15.3. The lowest BCUT2D eigenvalue weighted by Gasteiger charge is -2.30. The highest BCUT2D eigenvalue weighted by Crippen LogP contribution is 2.30. The average molecular weight is 280 g/mol. The van der Waals surface area contributed by atoms with Crippen LogP contribution >= 0.6 is 0 Å². The first-order valence-corrected chi connectivity index (χ1v) is 6.87. The van der Waals surface area contributed by atoms with Gasteiger partial charge in [-0.1, -0.05) is 26.8 Å². The number of benzene rings is 1. The summed E-state index contributed by atoms with van der Waals surface area (Å²) in [6.07, 6.45) is 0.804. The first kappa shape index (κ1) is 16.4. The molecule has 0 radical (unpaired) electrons. The second-order valence-electron chi connectivity index (χ2n) is 5.90. The number of nitro groups is 1. The van der Waals surface area contributed by atoms with Crippen molar-refractivity contribution < 1.29 is 9.66 Å². The van der Waals surface area contributed by atoms with Crippen molar-refractivity contribution in [3.63, 3.8) is 0 Å². The van der Waals surface area contributed by atoms with Gasteiger partial charge in [-0.25, -0.2) is 0 Å². The Morgan fingerprint density at radius 2 is 2.05 bits per heavy atom. The molecule has 0 aromatic heterocycles. The fraction of sp³-hybridized carbons (Fsp3) is 0.600. The second-order valence-corrected chi connectivity index (χ2v) is 5.90. The van der Waals surface area contributed by atoms with Gasteiger partial charge < -0.3 is 10.1 Å². The van der Waals surface area contributed by atoms with Crippen molar-refractivity contribution in [2.24, 2.45) is 5.41 Å². The molecule has 5 heteroatoms. The molecule has 1 atom stereocenters. The van der Waals surface area contributed by atoms with Gasteiger partial charge >= 0.3 is 5.69 Å². The number of rotatable bonds is 6. The number of hydrogen-bond donors (Lipinski definition) is 1. The molecule has 1 N–H and O–H groups in total. The quantitative estimate of drug-likeness (QED) is 0.642. The van der Waals surface area contributed by atoms with Crippen LogP contribution in [-0.4, -0.2) is 24.6 Å². The Bertz CT molecular complexity index is 467. The van der Waals surface area contributed by atoms with E-state index >= 15 is 0 Å². The van der Waals surface area contributed by atoms with E-state index in [1.54, 1.807) is 12.1 Å². The summed E-state index contributed by atoms with van der Waals surface area (Å²) in [7, 11) is 1.94. The lowest BCUT2D eigenvalue weighted by molar-refractivity contribution is -0.385. The number of nitrogens with one attached hydrogen (secondary N) is 1. The van der Waals surface area contributed by atoms with Crippen molar-refractivity contribution in [1.82, 2.24) is 5.32 Å². The number of nitrogens with zero attached hydrogens (tertiary/aromatic N) is 1. The number of nitro benzene ring substituents is 1. The van der Waals surface area contributed by atoms with E-state index in [9.17, 15) is 10.1 Å². The Morgan fingerprint density at radius 1 is 1.40 bits per heavy atom. The van der Waals surface area contributed by atoms with Gasteiger partial charge in [0, 0.05) is 12.1 Å². The van der Waals surface area contributed by atoms with E-state index in [0.717, 1.165) is 12.0 Å². The molecule has 0 bridgehead atoms. The van der Waals surface area contributed by atoms with Crippen LogP contribution in [-0.2, 0) is 6.42 Å². The van der Waals surface area contributed by atoms with Crippen LogP contribution in [0.3, 0.4) is 0 Å². The van der Waals surface area contributed by atoms with E-state index in [0.29, 0.717) is 18.4 Å². The molecule has 0 saturated heterocycles. The largest absolute Gasteiger partial charge is 0.487 e. The van der Waals surface area contributed by atoms with Crippen molar-refractivity contribution >= 4 is 5.69 Å². The zero-order valence-corrected chi connectivity index (χ0v) is 12.9. The summed E-state index contributed by atoms with van der Waals surface area (Å²) in [4.78, 5) is 10.6. The highest BCUT2D eigenvalue weighted by Gasteiger charge is 2.24. The molecule has 1 aromatic rings. The van der Waals surface area contributed by atoms with E-state index in [4.69, 9.17) is 4.74 Å². The van der Waals surface area contributed by atoms with Crippen LogP contribution in [0.4, 0.5) is 5.69 Å². The van der Waals surface area contributed by atoms with Gasteiger partial charge in [0.25, 0.3) is 0 Å². The first-order chi connectivity index (χ1) is 9.29. The molecule has 0 aliphatic rings. The Balaban J connectivity index is 3.02. The van der Waals surface area contributed by atoms with Crippen molar-refractivity contribution in [3.8, 4) is 5.75 Å². The van der Waals surface area contributed by atoms with Crippen molar-refractivity contribution in [2.45, 2.75) is 40.2 Å². The number of likely N-dealkylation sites (N-methyl/N-ethyl adjacent to an activating group) is 1. The average Bonchev–Trinajstić information content (AvgIpc) is 2.34. The molecule has 0 fully saturated rings. The van der Waals surface area contributed by atoms with Crippen LogP contribution in [0.2, 0.25) is 0 Å². The Labute approximate surface area is 120 Å². The maximum Gasteiger partial charge on any atom is 0.310 e. The first-order valence-electron chi connectivity index (χ1n) is 6.87. The molecule has 0 saturated carbocycles. The molecule has 0 aliphatic heterocycles. The van der Waals surface area contributed by atoms with Crippen LogP contribution in [0.25, 0.3) is 0 Å². The lowest BCUT2D eigenvalue weighted by Crippen LogP contribution is -2.39. The van der Waals surface area contributed by atoms with Gasteiger partial charge in [0.2, 0.25) is 0 Å². The van der Waals surface area contributed by atoms with Crippen molar-refractivity contribution in [1.29, 1.82) is 0 Å².